The summed E-state index contributed by atoms with van der Waals surface area (Å²) in [6.07, 6.45) is 0. The van der Waals surface area contributed by atoms with E-state index in [2.05, 4.69) is 5.32 Å². The van der Waals surface area contributed by atoms with Crippen LogP contribution in [0.25, 0.3) is 0 Å². The van der Waals surface area contributed by atoms with Gasteiger partial charge in [-0.3, -0.25) is 9.00 Å². The van der Waals surface area contributed by atoms with Crippen LogP contribution < -0.4 is 11.1 Å². The molecule has 6 heteroatoms. The average molecular weight is 272 g/mol. The molecule has 0 aromatic heterocycles. The van der Waals surface area contributed by atoms with Crippen molar-refractivity contribution in [2.75, 3.05) is 11.5 Å². The molecular formula is C12H17FN2O2S. The van der Waals surface area contributed by atoms with Gasteiger partial charge in [0.25, 0.3) is 0 Å². The monoisotopic (exact) mass is 272 g/mol. The van der Waals surface area contributed by atoms with Crippen molar-refractivity contribution >= 4 is 22.4 Å². The van der Waals surface area contributed by atoms with Crippen molar-refractivity contribution in [1.82, 2.24) is 5.32 Å². The summed E-state index contributed by atoms with van der Waals surface area (Å²) in [5.41, 5.74) is 6.04. The second kappa shape index (κ2) is 6.49. The van der Waals surface area contributed by atoms with E-state index in [1.807, 2.05) is 13.8 Å². The molecule has 0 saturated heterocycles. The van der Waals surface area contributed by atoms with Crippen LogP contribution in [0.15, 0.2) is 18.2 Å². The number of benzene rings is 1. The van der Waals surface area contributed by atoms with Gasteiger partial charge in [0.1, 0.15) is 11.6 Å². The number of rotatable bonds is 5. The number of anilines is 1. The fourth-order valence-electron chi connectivity index (χ4n) is 1.41. The maximum absolute atomic E-state index is 13.4. The zero-order valence-corrected chi connectivity index (χ0v) is 11.2. The first-order valence-electron chi connectivity index (χ1n) is 5.56. The van der Waals surface area contributed by atoms with E-state index in [4.69, 9.17) is 5.73 Å². The Morgan fingerprint density at radius 1 is 1.50 bits per heavy atom. The smallest absolute Gasteiger partial charge is 0.232 e. The summed E-state index contributed by atoms with van der Waals surface area (Å²) < 4.78 is 25.1. The van der Waals surface area contributed by atoms with Gasteiger partial charge in [0.2, 0.25) is 5.91 Å². The number of hydrogen-bond acceptors (Lipinski definition) is 3. The molecule has 4 nitrogen and oxygen atoms in total. The lowest BCUT2D eigenvalue weighted by molar-refractivity contribution is -0.119. The third-order valence-electron chi connectivity index (χ3n) is 2.14. The van der Waals surface area contributed by atoms with E-state index in [0.29, 0.717) is 11.3 Å². The highest BCUT2D eigenvalue weighted by atomic mass is 32.2. The second-order valence-electron chi connectivity index (χ2n) is 4.30. The molecule has 0 saturated carbocycles. The van der Waals surface area contributed by atoms with Gasteiger partial charge < -0.3 is 11.1 Å². The standard InChI is InChI=1S/C12H17FN2O2S/c1-8(2)15-12(16)7-18(17)6-9-3-4-10(14)5-11(9)13/h3-5,8H,6-7,14H2,1-2H3,(H,15,16). The van der Waals surface area contributed by atoms with E-state index >= 15 is 0 Å². The van der Waals surface area contributed by atoms with Crippen molar-refractivity contribution < 1.29 is 13.4 Å². The number of nitrogens with one attached hydrogen (secondary N) is 1. The molecule has 0 aliphatic carbocycles. The van der Waals surface area contributed by atoms with Gasteiger partial charge in [-0.15, -0.1) is 0 Å². The van der Waals surface area contributed by atoms with Gasteiger partial charge in [-0.2, -0.15) is 0 Å². The van der Waals surface area contributed by atoms with Gasteiger partial charge >= 0.3 is 0 Å². The number of amides is 1. The van der Waals surface area contributed by atoms with Crippen LogP contribution in [0.2, 0.25) is 0 Å². The highest BCUT2D eigenvalue weighted by Crippen LogP contribution is 2.13. The van der Waals surface area contributed by atoms with Gasteiger partial charge in [0, 0.05) is 28.1 Å². The lowest BCUT2D eigenvalue weighted by Crippen LogP contribution is -2.34. The van der Waals surface area contributed by atoms with Gasteiger partial charge in [-0.05, 0) is 26.0 Å². The average Bonchev–Trinajstić information content (AvgIpc) is 2.20. The fourth-order valence-corrected chi connectivity index (χ4v) is 2.47. The largest absolute Gasteiger partial charge is 0.399 e. The minimum absolute atomic E-state index is 0.00256. The number of hydrogen-bond donors (Lipinski definition) is 2. The van der Waals surface area contributed by atoms with E-state index in [9.17, 15) is 13.4 Å². The van der Waals surface area contributed by atoms with Crippen LogP contribution in [0.5, 0.6) is 0 Å². The summed E-state index contributed by atoms with van der Waals surface area (Å²) in [7, 11) is -1.43. The Labute approximate surface area is 108 Å². The van der Waals surface area contributed by atoms with Crippen molar-refractivity contribution in [2.24, 2.45) is 0 Å². The Kier molecular flexibility index (Phi) is 5.27. The van der Waals surface area contributed by atoms with Crippen molar-refractivity contribution in [2.45, 2.75) is 25.6 Å². The third-order valence-corrected chi connectivity index (χ3v) is 3.35. The van der Waals surface area contributed by atoms with Gasteiger partial charge in [-0.25, -0.2) is 4.39 Å². The molecule has 0 bridgehead atoms. The highest BCUT2D eigenvalue weighted by molar-refractivity contribution is 7.84. The minimum atomic E-state index is -1.43. The maximum Gasteiger partial charge on any atom is 0.232 e. The van der Waals surface area contributed by atoms with Crippen LogP contribution in [-0.2, 0) is 21.3 Å². The summed E-state index contributed by atoms with van der Waals surface area (Å²) in [6, 6.07) is 4.22. The van der Waals surface area contributed by atoms with E-state index < -0.39 is 16.6 Å². The molecule has 1 aromatic rings. The van der Waals surface area contributed by atoms with Gasteiger partial charge in [0.15, 0.2) is 0 Å². The molecule has 0 aliphatic rings. The molecule has 1 amide bonds. The zero-order valence-electron chi connectivity index (χ0n) is 10.4. The molecular weight excluding hydrogens is 255 g/mol. The predicted octanol–water partition coefficient (Wildman–Crippen LogP) is 1.18. The third kappa shape index (κ3) is 4.83. The van der Waals surface area contributed by atoms with Gasteiger partial charge in [-0.1, -0.05) is 6.07 Å². The molecule has 0 radical (unpaired) electrons. The Bertz CT molecular complexity index is 463. The maximum atomic E-state index is 13.4. The van der Waals surface area contributed by atoms with Crippen molar-refractivity contribution in [3.63, 3.8) is 0 Å². The topological polar surface area (TPSA) is 72.2 Å². The van der Waals surface area contributed by atoms with Gasteiger partial charge in [0.05, 0.1) is 5.75 Å². The van der Waals surface area contributed by atoms with Crippen LogP contribution in [-0.4, -0.2) is 21.9 Å². The van der Waals surface area contributed by atoms with E-state index in [1.165, 1.54) is 12.1 Å². The molecule has 1 unspecified atom stereocenters. The van der Waals surface area contributed by atoms with E-state index in [1.54, 1.807) is 6.07 Å². The van der Waals surface area contributed by atoms with Crippen LogP contribution in [0.4, 0.5) is 10.1 Å². The van der Waals surface area contributed by atoms with Crippen LogP contribution in [0.3, 0.4) is 0 Å². The summed E-state index contributed by atoms with van der Waals surface area (Å²) in [6.45, 7) is 3.64. The molecule has 1 rings (SSSR count). The quantitative estimate of drug-likeness (QED) is 0.791. The SMILES string of the molecule is CC(C)NC(=O)CS(=O)Cc1ccc(N)cc1F. The summed E-state index contributed by atoms with van der Waals surface area (Å²) >= 11 is 0. The van der Waals surface area contributed by atoms with E-state index in [0.717, 1.165) is 0 Å². The predicted molar refractivity (Wildman–Crippen MR) is 70.8 cm³/mol. The summed E-state index contributed by atoms with van der Waals surface area (Å²) in [5.74, 6) is -0.897. The Hall–Kier alpha value is -1.43. The first kappa shape index (κ1) is 14.6. The molecule has 3 N–H and O–H groups in total. The first-order chi connectivity index (χ1) is 8.38. The molecule has 0 heterocycles. The number of carbonyl (C=O) groups excluding carboxylic acids is 1. The summed E-state index contributed by atoms with van der Waals surface area (Å²) in [5, 5.41) is 2.64. The van der Waals surface area contributed by atoms with E-state index in [-0.39, 0.29) is 23.5 Å². The van der Waals surface area contributed by atoms with Crippen molar-refractivity contribution in [1.29, 1.82) is 0 Å². The lowest BCUT2D eigenvalue weighted by Gasteiger charge is -2.08. The normalized spacial score (nSPS) is 12.4. The van der Waals surface area contributed by atoms with Crippen LogP contribution in [0.1, 0.15) is 19.4 Å². The molecule has 0 aliphatic heterocycles. The van der Waals surface area contributed by atoms with Crippen LogP contribution >= 0.6 is 0 Å². The number of nitrogens with two attached hydrogens (primary N) is 1. The molecule has 1 atom stereocenters. The Morgan fingerprint density at radius 2 is 2.17 bits per heavy atom. The molecule has 100 valence electrons. The van der Waals surface area contributed by atoms with Crippen LogP contribution in [0, 0.1) is 5.82 Å². The molecule has 0 spiro atoms. The Balaban J connectivity index is 2.57. The lowest BCUT2D eigenvalue weighted by atomic mass is 10.2. The number of nitrogen functional groups attached to an aromatic ring is 1. The fraction of sp³-hybridized carbons (Fsp3) is 0.417. The van der Waals surface area contributed by atoms with Crippen molar-refractivity contribution in [3.05, 3.63) is 29.6 Å². The highest BCUT2D eigenvalue weighted by Gasteiger charge is 2.12. The first-order valence-corrected chi connectivity index (χ1v) is 7.05. The molecule has 1 aromatic carbocycles. The number of halogens is 1. The molecule has 0 fully saturated rings. The zero-order chi connectivity index (χ0) is 13.7. The molecule has 18 heavy (non-hydrogen) atoms. The second-order valence-corrected chi connectivity index (χ2v) is 5.76. The summed E-state index contributed by atoms with van der Waals surface area (Å²) in [4.78, 5) is 11.4. The van der Waals surface area contributed by atoms with Crippen molar-refractivity contribution in [3.8, 4) is 0 Å². The minimum Gasteiger partial charge on any atom is -0.399 e. The Morgan fingerprint density at radius 3 is 2.72 bits per heavy atom. The number of carbonyl (C=O) groups is 1.